The summed E-state index contributed by atoms with van der Waals surface area (Å²) in [5, 5.41) is 16.0. The van der Waals surface area contributed by atoms with E-state index in [4.69, 9.17) is 5.26 Å². The molecule has 0 aliphatic rings. The molecule has 7 heteroatoms. The lowest BCUT2D eigenvalue weighted by Gasteiger charge is -2.21. The van der Waals surface area contributed by atoms with Gasteiger partial charge >= 0.3 is 0 Å². The largest absolute Gasteiger partial charge is 0.352 e. The van der Waals surface area contributed by atoms with E-state index in [0.29, 0.717) is 19.6 Å². The van der Waals surface area contributed by atoms with Gasteiger partial charge in [-0.05, 0) is 29.3 Å². The molecule has 1 aromatic heterocycles. The van der Waals surface area contributed by atoms with Gasteiger partial charge in [-0.2, -0.15) is 10.4 Å². The Bertz CT molecular complexity index is 1030. The molecule has 2 aromatic carbocycles. The maximum absolute atomic E-state index is 12.7. The van der Waals surface area contributed by atoms with Crippen LogP contribution >= 0.6 is 0 Å². The van der Waals surface area contributed by atoms with Crippen LogP contribution in [0.1, 0.15) is 30.4 Å². The van der Waals surface area contributed by atoms with Crippen molar-refractivity contribution in [2.45, 2.75) is 32.4 Å². The predicted octanol–water partition coefficient (Wildman–Crippen LogP) is 3.27. The van der Waals surface area contributed by atoms with Gasteiger partial charge in [-0.1, -0.05) is 42.5 Å². The van der Waals surface area contributed by atoms with Gasteiger partial charge in [0.2, 0.25) is 11.8 Å². The number of nitrogens with one attached hydrogen (secondary N) is 1. The standard InChI is InChI=1S/C24H25N5O2/c25-13-5-16-29(22-9-2-1-3-10-22)24(31)12-11-23(30)26-18-20-7-4-8-21(17-20)19-28-15-6-14-27-28/h1-4,6-10,14-15,17H,5,11-12,16,18-19H2,(H,26,30). The second-order valence-electron chi connectivity index (χ2n) is 7.09. The lowest BCUT2D eigenvalue weighted by Crippen LogP contribution is -2.33. The predicted molar refractivity (Wildman–Crippen MR) is 118 cm³/mol. The summed E-state index contributed by atoms with van der Waals surface area (Å²) in [6.45, 7) is 1.38. The van der Waals surface area contributed by atoms with E-state index in [9.17, 15) is 9.59 Å². The Morgan fingerprint density at radius 1 is 1.03 bits per heavy atom. The van der Waals surface area contributed by atoms with Crippen LogP contribution in [0.15, 0.2) is 73.1 Å². The third kappa shape index (κ3) is 6.82. The molecule has 0 atom stereocenters. The van der Waals surface area contributed by atoms with Crippen molar-refractivity contribution in [1.82, 2.24) is 15.1 Å². The van der Waals surface area contributed by atoms with Crippen molar-refractivity contribution in [3.8, 4) is 6.07 Å². The van der Waals surface area contributed by atoms with E-state index < -0.39 is 0 Å². The maximum atomic E-state index is 12.7. The summed E-state index contributed by atoms with van der Waals surface area (Å²) in [5.41, 5.74) is 2.82. The molecule has 0 spiro atoms. The Morgan fingerprint density at radius 2 is 1.84 bits per heavy atom. The zero-order valence-electron chi connectivity index (χ0n) is 17.3. The fraction of sp³-hybridized carbons (Fsp3) is 0.250. The molecular formula is C24H25N5O2. The smallest absolute Gasteiger partial charge is 0.227 e. The molecule has 0 bridgehead atoms. The Balaban J connectivity index is 1.49. The second kappa shape index (κ2) is 11.3. The van der Waals surface area contributed by atoms with Crippen LogP contribution in [-0.4, -0.2) is 28.1 Å². The van der Waals surface area contributed by atoms with Crippen LogP contribution in [-0.2, 0) is 22.7 Å². The van der Waals surface area contributed by atoms with Crippen LogP contribution in [0.5, 0.6) is 0 Å². The molecule has 7 nitrogen and oxygen atoms in total. The number of hydrogen-bond donors (Lipinski definition) is 1. The lowest BCUT2D eigenvalue weighted by atomic mass is 10.1. The average molecular weight is 415 g/mol. The van der Waals surface area contributed by atoms with Gasteiger partial charge < -0.3 is 10.2 Å². The SMILES string of the molecule is N#CCCN(C(=O)CCC(=O)NCc1cccc(Cn2cccn2)c1)c1ccccc1. The van der Waals surface area contributed by atoms with Crippen molar-refractivity contribution in [1.29, 1.82) is 5.26 Å². The number of nitrogens with zero attached hydrogens (tertiary/aromatic N) is 4. The quantitative estimate of drug-likeness (QED) is 0.550. The highest BCUT2D eigenvalue weighted by molar-refractivity contribution is 5.95. The van der Waals surface area contributed by atoms with Crippen molar-refractivity contribution in [3.05, 3.63) is 84.2 Å². The molecular weight excluding hydrogens is 390 g/mol. The highest BCUT2D eigenvalue weighted by atomic mass is 16.2. The first-order valence-corrected chi connectivity index (χ1v) is 10.2. The molecule has 31 heavy (non-hydrogen) atoms. The minimum Gasteiger partial charge on any atom is -0.352 e. The third-order valence-corrected chi connectivity index (χ3v) is 4.77. The fourth-order valence-electron chi connectivity index (χ4n) is 3.23. The zero-order valence-corrected chi connectivity index (χ0v) is 17.3. The van der Waals surface area contributed by atoms with E-state index in [1.807, 2.05) is 71.5 Å². The van der Waals surface area contributed by atoms with Gasteiger partial charge in [-0.15, -0.1) is 0 Å². The first kappa shape index (κ1) is 21.8. The summed E-state index contributed by atoms with van der Waals surface area (Å²) in [4.78, 5) is 26.5. The normalized spacial score (nSPS) is 10.3. The minimum absolute atomic E-state index is 0.0888. The van der Waals surface area contributed by atoms with Crippen LogP contribution in [0.2, 0.25) is 0 Å². The summed E-state index contributed by atoms with van der Waals surface area (Å²) in [6, 6.07) is 21.1. The van der Waals surface area contributed by atoms with Crippen molar-refractivity contribution in [3.63, 3.8) is 0 Å². The highest BCUT2D eigenvalue weighted by Crippen LogP contribution is 2.15. The molecule has 3 rings (SSSR count). The number of para-hydroxylation sites is 1. The maximum Gasteiger partial charge on any atom is 0.227 e. The molecule has 1 N–H and O–H groups in total. The first-order valence-electron chi connectivity index (χ1n) is 10.2. The van der Waals surface area contributed by atoms with Crippen LogP contribution in [0.3, 0.4) is 0 Å². The molecule has 0 saturated heterocycles. The van der Waals surface area contributed by atoms with Crippen molar-refractivity contribution in [2.24, 2.45) is 0 Å². The Hall–Kier alpha value is -3.92. The van der Waals surface area contributed by atoms with Gasteiger partial charge in [0, 0.05) is 44.0 Å². The minimum atomic E-state index is -0.181. The summed E-state index contributed by atoms with van der Waals surface area (Å²) >= 11 is 0. The van der Waals surface area contributed by atoms with E-state index in [-0.39, 0.29) is 31.1 Å². The molecule has 2 amide bonds. The van der Waals surface area contributed by atoms with E-state index in [1.54, 1.807) is 11.1 Å². The van der Waals surface area contributed by atoms with Crippen LogP contribution < -0.4 is 10.2 Å². The number of benzene rings is 2. The number of amides is 2. The van der Waals surface area contributed by atoms with Crippen LogP contribution in [0.4, 0.5) is 5.69 Å². The number of carbonyl (C=O) groups excluding carboxylic acids is 2. The monoisotopic (exact) mass is 415 g/mol. The topological polar surface area (TPSA) is 91.0 Å². The van der Waals surface area contributed by atoms with Gasteiger partial charge in [-0.3, -0.25) is 14.3 Å². The number of nitriles is 1. The van der Waals surface area contributed by atoms with E-state index in [2.05, 4.69) is 16.5 Å². The van der Waals surface area contributed by atoms with E-state index in [0.717, 1.165) is 16.8 Å². The Labute approximate surface area is 181 Å². The Morgan fingerprint density at radius 3 is 2.58 bits per heavy atom. The molecule has 0 fully saturated rings. The zero-order chi connectivity index (χ0) is 21.9. The van der Waals surface area contributed by atoms with Crippen LogP contribution in [0.25, 0.3) is 0 Å². The molecule has 0 aliphatic heterocycles. The fourth-order valence-corrected chi connectivity index (χ4v) is 3.23. The van der Waals surface area contributed by atoms with Gasteiger partial charge in [0.25, 0.3) is 0 Å². The second-order valence-corrected chi connectivity index (χ2v) is 7.09. The van der Waals surface area contributed by atoms with Gasteiger partial charge in [0.05, 0.1) is 19.0 Å². The van der Waals surface area contributed by atoms with Crippen molar-refractivity contribution < 1.29 is 9.59 Å². The molecule has 1 heterocycles. The highest BCUT2D eigenvalue weighted by Gasteiger charge is 2.16. The van der Waals surface area contributed by atoms with E-state index in [1.165, 1.54) is 0 Å². The van der Waals surface area contributed by atoms with Gasteiger partial charge in [-0.25, -0.2) is 0 Å². The first-order chi connectivity index (χ1) is 15.2. The molecule has 3 aromatic rings. The third-order valence-electron chi connectivity index (χ3n) is 4.77. The summed E-state index contributed by atoms with van der Waals surface area (Å²) in [5.74, 6) is -0.350. The average Bonchev–Trinajstić information content (AvgIpc) is 3.30. The van der Waals surface area contributed by atoms with Gasteiger partial charge in [0.15, 0.2) is 0 Å². The van der Waals surface area contributed by atoms with Gasteiger partial charge in [0.1, 0.15) is 0 Å². The number of anilines is 1. The van der Waals surface area contributed by atoms with Crippen LogP contribution in [0, 0.1) is 11.3 Å². The lowest BCUT2D eigenvalue weighted by molar-refractivity contribution is -0.125. The number of carbonyl (C=O) groups is 2. The van der Waals surface area contributed by atoms with Crippen molar-refractivity contribution in [2.75, 3.05) is 11.4 Å². The summed E-state index contributed by atoms with van der Waals surface area (Å²) < 4.78 is 1.84. The molecule has 0 aliphatic carbocycles. The molecule has 0 saturated carbocycles. The summed E-state index contributed by atoms with van der Waals surface area (Å²) in [7, 11) is 0. The number of aromatic nitrogens is 2. The molecule has 158 valence electrons. The van der Waals surface area contributed by atoms with E-state index >= 15 is 0 Å². The molecule has 0 unspecified atom stereocenters. The Kier molecular flexibility index (Phi) is 7.95. The number of hydrogen-bond acceptors (Lipinski definition) is 4. The number of rotatable bonds is 10. The van der Waals surface area contributed by atoms with Crippen molar-refractivity contribution >= 4 is 17.5 Å². The molecule has 0 radical (unpaired) electrons. The summed E-state index contributed by atoms with van der Waals surface area (Å²) in [6.07, 6.45) is 4.07.